The van der Waals surface area contributed by atoms with Gasteiger partial charge in [0.15, 0.2) is 0 Å². The van der Waals surface area contributed by atoms with Gasteiger partial charge in [0.1, 0.15) is 17.7 Å². The number of nitrogens with zero attached hydrogens (tertiary/aromatic N) is 1. The summed E-state index contributed by atoms with van der Waals surface area (Å²) < 4.78 is 5.32. The molecule has 0 saturated carbocycles. The van der Waals surface area contributed by atoms with Crippen LogP contribution < -0.4 is 10.6 Å². The molecule has 2 atom stereocenters. The van der Waals surface area contributed by atoms with Crippen molar-refractivity contribution in [3.8, 4) is 24.8 Å². The maximum absolute atomic E-state index is 13.6. The number of alkyl carbamates (subject to hydrolysis) is 1. The molecular formula is C26H35N3O4. The molecule has 2 unspecified atom stereocenters. The van der Waals surface area contributed by atoms with Crippen molar-refractivity contribution in [2.75, 3.05) is 0 Å². The first-order chi connectivity index (χ1) is 15.3. The number of ether oxygens (including phenoxy) is 1. The minimum Gasteiger partial charge on any atom is -0.444 e. The van der Waals surface area contributed by atoms with Crippen LogP contribution in [0.2, 0.25) is 0 Å². The first-order valence-electron chi connectivity index (χ1n) is 11.0. The molecule has 0 aliphatic rings. The molecule has 0 heterocycles. The van der Waals surface area contributed by atoms with E-state index in [0.717, 1.165) is 4.90 Å². The summed E-state index contributed by atoms with van der Waals surface area (Å²) in [6, 6.07) is 6.77. The van der Waals surface area contributed by atoms with Gasteiger partial charge >= 0.3 is 6.09 Å². The van der Waals surface area contributed by atoms with Crippen LogP contribution in [-0.2, 0) is 14.3 Å². The highest BCUT2D eigenvalue weighted by Crippen LogP contribution is 2.26. The van der Waals surface area contributed by atoms with Crippen LogP contribution in [0.1, 0.15) is 72.1 Å². The Hall–Kier alpha value is -3.45. The third kappa shape index (κ3) is 8.54. The standard InChI is InChI=1S/C26H35N3O4/c1-10-19-14-12-13-15-20(19)22(23(30)27-18(5)6)29(11-2)24(31)21(16-17(3)4)28-25(32)33-26(7,8)9/h1-2,12-15,17-18,21-22H,16H2,3-9H3,(H,27,30)(H,28,32). The number of terminal acetylenes is 2. The summed E-state index contributed by atoms with van der Waals surface area (Å²) in [5.41, 5.74) is 0.118. The Morgan fingerprint density at radius 3 is 2.15 bits per heavy atom. The minimum absolute atomic E-state index is 0.0504. The van der Waals surface area contributed by atoms with Crippen molar-refractivity contribution in [1.82, 2.24) is 15.5 Å². The van der Waals surface area contributed by atoms with E-state index in [1.807, 2.05) is 13.8 Å². The van der Waals surface area contributed by atoms with Crippen molar-refractivity contribution in [2.24, 2.45) is 5.92 Å². The first-order valence-corrected chi connectivity index (χ1v) is 11.0. The summed E-state index contributed by atoms with van der Waals surface area (Å²) in [5.74, 6) is 1.52. The zero-order chi connectivity index (χ0) is 25.3. The minimum atomic E-state index is -1.17. The van der Waals surface area contributed by atoms with E-state index in [1.54, 1.807) is 58.9 Å². The second-order valence-electron chi connectivity index (χ2n) is 9.46. The molecule has 0 aromatic heterocycles. The summed E-state index contributed by atoms with van der Waals surface area (Å²) >= 11 is 0. The van der Waals surface area contributed by atoms with Gasteiger partial charge in [-0.15, -0.1) is 6.42 Å². The van der Waals surface area contributed by atoms with Gasteiger partial charge < -0.3 is 15.4 Å². The quantitative estimate of drug-likeness (QED) is 0.465. The van der Waals surface area contributed by atoms with Gasteiger partial charge in [-0.2, -0.15) is 0 Å². The highest BCUT2D eigenvalue weighted by molar-refractivity contribution is 5.93. The molecule has 0 spiro atoms. The van der Waals surface area contributed by atoms with Crippen LogP contribution in [0.4, 0.5) is 4.79 Å². The van der Waals surface area contributed by atoms with Crippen LogP contribution in [0.3, 0.4) is 0 Å². The summed E-state index contributed by atoms with van der Waals surface area (Å²) in [5, 5.41) is 5.42. The second-order valence-corrected chi connectivity index (χ2v) is 9.46. The fourth-order valence-electron chi connectivity index (χ4n) is 3.20. The highest BCUT2D eigenvalue weighted by Gasteiger charge is 2.37. The number of rotatable bonds is 8. The van der Waals surface area contributed by atoms with Crippen molar-refractivity contribution >= 4 is 17.9 Å². The van der Waals surface area contributed by atoms with Crippen LogP contribution in [0, 0.1) is 30.7 Å². The molecule has 33 heavy (non-hydrogen) atoms. The number of hydrogen-bond donors (Lipinski definition) is 2. The van der Waals surface area contributed by atoms with E-state index in [1.165, 1.54) is 0 Å². The average molecular weight is 454 g/mol. The number of nitrogens with one attached hydrogen (secondary N) is 2. The molecule has 1 aromatic rings. The number of amides is 3. The molecule has 3 amide bonds. The van der Waals surface area contributed by atoms with Crippen molar-refractivity contribution < 1.29 is 19.1 Å². The molecule has 0 bridgehead atoms. The molecule has 7 nitrogen and oxygen atoms in total. The number of benzene rings is 1. The van der Waals surface area contributed by atoms with Crippen molar-refractivity contribution in [1.29, 1.82) is 0 Å². The summed E-state index contributed by atoms with van der Waals surface area (Å²) in [4.78, 5) is 40.2. The van der Waals surface area contributed by atoms with Gasteiger partial charge in [0.25, 0.3) is 5.91 Å². The van der Waals surface area contributed by atoms with Crippen LogP contribution >= 0.6 is 0 Å². The fourth-order valence-corrected chi connectivity index (χ4v) is 3.20. The molecule has 0 aliphatic carbocycles. The second kappa shape index (κ2) is 12.0. The van der Waals surface area contributed by atoms with E-state index in [9.17, 15) is 14.4 Å². The smallest absolute Gasteiger partial charge is 0.408 e. The normalized spacial score (nSPS) is 12.8. The predicted molar refractivity (Wildman–Crippen MR) is 129 cm³/mol. The molecule has 1 aromatic carbocycles. The van der Waals surface area contributed by atoms with Crippen molar-refractivity contribution in [2.45, 2.75) is 78.6 Å². The molecule has 0 radical (unpaired) electrons. The summed E-state index contributed by atoms with van der Waals surface area (Å²) in [6.45, 7) is 12.6. The predicted octanol–water partition coefficient (Wildman–Crippen LogP) is 3.59. The third-order valence-electron chi connectivity index (χ3n) is 4.42. The number of hydrogen-bond acceptors (Lipinski definition) is 4. The van der Waals surface area contributed by atoms with E-state index in [4.69, 9.17) is 17.6 Å². The largest absolute Gasteiger partial charge is 0.444 e. The van der Waals surface area contributed by atoms with Gasteiger partial charge in [0, 0.05) is 23.2 Å². The van der Waals surface area contributed by atoms with Gasteiger partial charge in [-0.05, 0) is 53.0 Å². The Kier molecular flexibility index (Phi) is 10.0. The SMILES string of the molecule is C#Cc1ccccc1C(C(=O)NC(C)C)N(C#C)C(=O)C(CC(C)C)NC(=O)OC(C)(C)C. The van der Waals surface area contributed by atoms with Crippen molar-refractivity contribution in [3.63, 3.8) is 0 Å². The van der Waals surface area contributed by atoms with Gasteiger partial charge in [-0.1, -0.05) is 44.4 Å². The van der Waals surface area contributed by atoms with Gasteiger partial charge in [-0.3, -0.25) is 14.5 Å². The van der Waals surface area contributed by atoms with Gasteiger partial charge in [0.2, 0.25) is 5.91 Å². The Bertz CT molecular complexity index is 932. The lowest BCUT2D eigenvalue weighted by atomic mass is 9.96. The van der Waals surface area contributed by atoms with E-state index in [0.29, 0.717) is 17.5 Å². The molecule has 1 rings (SSSR count). The first kappa shape index (κ1) is 27.6. The maximum Gasteiger partial charge on any atom is 0.408 e. The zero-order valence-corrected chi connectivity index (χ0v) is 20.6. The summed E-state index contributed by atoms with van der Waals surface area (Å²) in [6.07, 6.45) is 11.0. The van der Waals surface area contributed by atoms with Gasteiger partial charge in [0.05, 0.1) is 0 Å². The average Bonchev–Trinajstić information content (AvgIpc) is 2.68. The van der Waals surface area contributed by atoms with Crippen LogP contribution in [-0.4, -0.2) is 40.5 Å². The lowest BCUT2D eigenvalue weighted by Crippen LogP contribution is -2.52. The van der Waals surface area contributed by atoms with Gasteiger partial charge in [-0.25, -0.2) is 4.79 Å². The van der Waals surface area contributed by atoms with E-state index < -0.39 is 35.6 Å². The topological polar surface area (TPSA) is 87.7 Å². The van der Waals surface area contributed by atoms with E-state index in [-0.39, 0.29) is 12.0 Å². The van der Waals surface area contributed by atoms with Crippen molar-refractivity contribution in [3.05, 3.63) is 35.4 Å². The molecular weight excluding hydrogens is 418 g/mol. The Balaban J connectivity index is 3.45. The van der Waals surface area contributed by atoms with Crippen LogP contribution in [0.5, 0.6) is 0 Å². The Labute approximate surface area is 197 Å². The fraction of sp³-hybridized carbons (Fsp3) is 0.500. The molecule has 0 fully saturated rings. The van der Waals surface area contributed by atoms with E-state index in [2.05, 4.69) is 22.6 Å². The van der Waals surface area contributed by atoms with Crippen LogP contribution in [0.15, 0.2) is 24.3 Å². The van der Waals surface area contributed by atoms with Crippen LogP contribution in [0.25, 0.3) is 0 Å². The Morgan fingerprint density at radius 1 is 1.06 bits per heavy atom. The lowest BCUT2D eigenvalue weighted by Gasteiger charge is -2.31. The monoisotopic (exact) mass is 453 g/mol. The highest BCUT2D eigenvalue weighted by atomic mass is 16.6. The molecule has 178 valence electrons. The number of carbonyl (C=O) groups excluding carboxylic acids is 3. The lowest BCUT2D eigenvalue weighted by molar-refractivity contribution is -0.139. The van der Waals surface area contributed by atoms with E-state index >= 15 is 0 Å². The molecule has 7 heteroatoms. The zero-order valence-electron chi connectivity index (χ0n) is 20.6. The number of carbonyl (C=O) groups is 3. The summed E-state index contributed by atoms with van der Waals surface area (Å²) in [7, 11) is 0. The molecule has 2 N–H and O–H groups in total. The Morgan fingerprint density at radius 2 is 1.67 bits per heavy atom. The maximum atomic E-state index is 13.6. The third-order valence-corrected chi connectivity index (χ3v) is 4.42. The molecule has 0 aliphatic heterocycles. The molecule has 0 saturated heterocycles.